The van der Waals surface area contributed by atoms with Crippen molar-refractivity contribution >= 4 is 17.4 Å². The molecule has 15 heavy (non-hydrogen) atoms. The molecule has 0 saturated carbocycles. The van der Waals surface area contributed by atoms with Gasteiger partial charge in [-0.25, -0.2) is 14.4 Å². The number of halogens is 1. The largest absolute Gasteiger partial charge is 0.395 e. The third-order valence-electron chi connectivity index (χ3n) is 1.78. The van der Waals surface area contributed by atoms with Gasteiger partial charge in [-0.2, -0.15) is 0 Å². The van der Waals surface area contributed by atoms with Crippen LogP contribution < -0.4 is 5.73 Å². The maximum absolute atomic E-state index is 13.1. The minimum absolute atomic E-state index is 0.154. The van der Waals surface area contributed by atoms with E-state index in [0.29, 0.717) is 4.90 Å². The van der Waals surface area contributed by atoms with Crippen molar-refractivity contribution in [1.82, 2.24) is 9.97 Å². The van der Waals surface area contributed by atoms with Crippen LogP contribution in [0.15, 0.2) is 46.7 Å². The number of nitrogens with two attached hydrogens (primary N) is 1. The van der Waals surface area contributed by atoms with Crippen LogP contribution in [0.1, 0.15) is 0 Å². The fourth-order valence-corrected chi connectivity index (χ4v) is 1.87. The Morgan fingerprint density at radius 3 is 2.87 bits per heavy atom. The van der Waals surface area contributed by atoms with Gasteiger partial charge in [0.25, 0.3) is 0 Å². The van der Waals surface area contributed by atoms with Gasteiger partial charge in [-0.05, 0) is 18.2 Å². The molecule has 0 spiro atoms. The number of benzene rings is 1. The fourth-order valence-electron chi connectivity index (χ4n) is 1.06. The average molecular weight is 221 g/mol. The molecule has 3 nitrogen and oxygen atoms in total. The first kappa shape index (κ1) is 9.92. The molecular weight excluding hydrogens is 213 g/mol. The van der Waals surface area contributed by atoms with Gasteiger partial charge in [-0.3, -0.25) is 0 Å². The Hall–Kier alpha value is -1.62. The van der Waals surface area contributed by atoms with E-state index in [0.717, 1.165) is 5.03 Å². The molecule has 0 amide bonds. The molecule has 2 aromatic rings. The van der Waals surface area contributed by atoms with Gasteiger partial charge in [0, 0.05) is 11.1 Å². The number of hydrogen-bond donors (Lipinski definition) is 1. The van der Waals surface area contributed by atoms with Crippen molar-refractivity contribution in [3.63, 3.8) is 0 Å². The standard InChI is InChI=1S/C10H8FN3S/c11-7-2-1-3-8(10(7)12)15-9-4-5-13-6-14-9/h1-6H,12H2. The number of para-hydroxylation sites is 1. The van der Waals surface area contributed by atoms with Gasteiger partial charge in [0.1, 0.15) is 17.2 Å². The quantitative estimate of drug-likeness (QED) is 0.624. The fraction of sp³-hybridized carbons (Fsp3) is 0. The normalized spacial score (nSPS) is 10.2. The summed E-state index contributed by atoms with van der Waals surface area (Å²) in [6.45, 7) is 0. The summed E-state index contributed by atoms with van der Waals surface area (Å²) in [5.41, 5.74) is 5.75. The van der Waals surface area contributed by atoms with Gasteiger partial charge in [0.15, 0.2) is 0 Å². The Bertz CT molecular complexity index is 461. The molecule has 0 atom stereocenters. The van der Waals surface area contributed by atoms with Crippen LogP contribution in [-0.2, 0) is 0 Å². The molecule has 2 N–H and O–H groups in total. The molecule has 1 aromatic carbocycles. The summed E-state index contributed by atoms with van der Waals surface area (Å²) >= 11 is 1.31. The van der Waals surface area contributed by atoms with Gasteiger partial charge in [0.05, 0.1) is 5.69 Å². The first-order valence-corrected chi connectivity index (χ1v) is 5.07. The molecule has 1 aromatic heterocycles. The lowest BCUT2D eigenvalue weighted by Crippen LogP contribution is -1.93. The smallest absolute Gasteiger partial charge is 0.147 e. The Morgan fingerprint density at radius 1 is 1.27 bits per heavy atom. The molecule has 0 aliphatic carbocycles. The minimum Gasteiger partial charge on any atom is -0.395 e. The van der Waals surface area contributed by atoms with Crippen molar-refractivity contribution < 1.29 is 4.39 Å². The summed E-state index contributed by atoms with van der Waals surface area (Å²) in [4.78, 5) is 8.48. The molecule has 0 fully saturated rings. The SMILES string of the molecule is Nc1c(F)cccc1Sc1ccncn1. The van der Waals surface area contributed by atoms with Crippen LogP contribution in [0.3, 0.4) is 0 Å². The van der Waals surface area contributed by atoms with E-state index in [9.17, 15) is 4.39 Å². The van der Waals surface area contributed by atoms with E-state index < -0.39 is 5.82 Å². The van der Waals surface area contributed by atoms with E-state index in [2.05, 4.69) is 9.97 Å². The lowest BCUT2D eigenvalue weighted by atomic mass is 10.3. The zero-order chi connectivity index (χ0) is 10.7. The van der Waals surface area contributed by atoms with Gasteiger partial charge >= 0.3 is 0 Å². The van der Waals surface area contributed by atoms with E-state index in [1.807, 2.05) is 0 Å². The number of aromatic nitrogens is 2. The van der Waals surface area contributed by atoms with Gasteiger partial charge in [-0.1, -0.05) is 17.8 Å². The average Bonchev–Trinajstić information content (AvgIpc) is 2.26. The zero-order valence-electron chi connectivity index (χ0n) is 7.72. The van der Waals surface area contributed by atoms with Gasteiger partial charge in [0.2, 0.25) is 0 Å². The van der Waals surface area contributed by atoms with Crippen LogP contribution in [0.4, 0.5) is 10.1 Å². The summed E-state index contributed by atoms with van der Waals surface area (Å²) in [5.74, 6) is -0.408. The Kier molecular flexibility index (Phi) is 2.82. The van der Waals surface area contributed by atoms with E-state index in [1.54, 1.807) is 24.4 Å². The van der Waals surface area contributed by atoms with Crippen LogP contribution in [0.2, 0.25) is 0 Å². The van der Waals surface area contributed by atoms with E-state index >= 15 is 0 Å². The first-order chi connectivity index (χ1) is 7.27. The molecule has 5 heteroatoms. The van der Waals surface area contributed by atoms with Gasteiger partial charge in [-0.15, -0.1) is 0 Å². The topological polar surface area (TPSA) is 51.8 Å². The highest BCUT2D eigenvalue weighted by molar-refractivity contribution is 7.99. The molecule has 0 unspecified atom stereocenters. The highest BCUT2D eigenvalue weighted by atomic mass is 32.2. The summed E-state index contributed by atoms with van der Waals surface area (Å²) in [5, 5.41) is 0.738. The zero-order valence-corrected chi connectivity index (χ0v) is 8.54. The van der Waals surface area contributed by atoms with E-state index in [1.165, 1.54) is 24.2 Å². The minimum atomic E-state index is -0.408. The second kappa shape index (κ2) is 4.27. The van der Waals surface area contributed by atoms with Crippen molar-refractivity contribution in [2.75, 3.05) is 5.73 Å². The lowest BCUT2D eigenvalue weighted by molar-refractivity contribution is 0.629. The lowest BCUT2D eigenvalue weighted by Gasteiger charge is -2.04. The summed E-state index contributed by atoms with van der Waals surface area (Å²) in [6.07, 6.45) is 3.07. The second-order valence-electron chi connectivity index (χ2n) is 2.80. The molecule has 0 aliphatic heterocycles. The van der Waals surface area contributed by atoms with Crippen LogP contribution >= 0.6 is 11.8 Å². The monoisotopic (exact) mass is 221 g/mol. The molecule has 0 bridgehead atoms. The maximum atomic E-state index is 13.1. The number of hydrogen-bond acceptors (Lipinski definition) is 4. The molecule has 1 heterocycles. The number of rotatable bonds is 2. The van der Waals surface area contributed by atoms with Crippen LogP contribution in [0, 0.1) is 5.82 Å². The van der Waals surface area contributed by atoms with Crippen molar-refractivity contribution in [1.29, 1.82) is 0 Å². The Morgan fingerprint density at radius 2 is 2.13 bits per heavy atom. The predicted octanol–water partition coefficient (Wildman–Crippen LogP) is 2.35. The van der Waals surface area contributed by atoms with E-state index in [4.69, 9.17) is 5.73 Å². The van der Waals surface area contributed by atoms with Crippen molar-refractivity contribution in [3.05, 3.63) is 42.6 Å². The molecule has 76 valence electrons. The molecule has 0 radical (unpaired) electrons. The maximum Gasteiger partial charge on any atom is 0.147 e. The first-order valence-electron chi connectivity index (χ1n) is 4.25. The van der Waals surface area contributed by atoms with Crippen molar-refractivity contribution in [2.45, 2.75) is 9.92 Å². The Balaban J connectivity index is 2.29. The highest BCUT2D eigenvalue weighted by Gasteiger charge is 2.06. The van der Waals surface area contributed by atoms with Crippen LogP contribution in [-0.4, -0.2) is 9.97 Å². The third kappa shape index (κ3) is 2.24. The second-order valence-corrected chi connectivity index (χ2v) is 3.86. The van der Waals surface area contributed by atoms with Crippen LogP contribution in [0.5, 0.6) is 0 Å². The van der Waals surface area contributed by atoms with Crippen molar-refractivity contribution in [2.24, 2.45) is 0 Å². The highest BCUT2D eigenvalue weighted by Crippen LogP contribution is 2.31. The molecule has 0 aliphatic rings. The molecular formula is C10H8FN3S. The number of nitrogens with zero attached hydrogens (tertiary/aromatic N) is 2. The summed E-state index contributed by atoms with van der Waals surface area (Å²) in [7, 11) is 0. The summed E-state index contributed by atoms with van der Waals surface area (Å²) < 4.78 is 13.1. The number of nitrogen functional groups attached to an aromatic ring is 1. The predicted molar refractivity (Wildman–Crippen MR) is 57.0 cm³/mol. The number of anilines is 1. The molecule has 2 rings (SSSR count). The Labute approximate surface area is 90.6 Å². The van der Waals surface area contributed by atoms with E-state index in [-0.39, 0.29) is 5.69 Å². The van der Waals surface area contributed by atoms with Gasteiger partial charge < -0.3 is 5.73 Å². The molecule has 0 saturated heterocycles. The van der Waals surface area contributed by atoms with Crippen LogP contribution in [0.25, 0.3) is 0 Å². The van der Waals surface area contributed by atoms with Crippen molar-refractivity contribution in [3.8, 4) is 0 Å². The summed E-state index contributed by atoms with van der Waals surface area (Å²) in [6, 6.07) is 6.45. The third-order valence-corrected chi connectivity index (χ3v) is 2.81.